The molecule has 4 aliphatic rings. The number of likely N-dealkylation sites (tertiary alicyclic amines) is 1. The molecule has 2 aromatic carbocycles. The van der Waals surface area contributed by atoms with Crippen LogP contribution in [-0.2, 0) is 28.7 Å². The van der Waals surface area contributed by atoms with Crippen LogP contribution in [0.3, 0.4) is 0 Å². The van der Waals surface area contributed by atoms with Crippen molar-refractivity contribution in [2.75, 3.05) is 18.1 Å². The van der Waals surface area contributed by atoms with Crippen molar-refractivity contribution < 1.29 is 33.8 Å². The maximum absolute atomic E-state index is 15.3. The fraction of sp³-hybridized carbons (Fsp3) is 0.474. The average molecular weight is 769 g/mol. The van der Waals surface area contributed by atoms with Gasteiger partial charge in [-0.05, 0) is 49.5 Å². The number of carbonyl (C=O) groups is 4. The summed E-state index contributed by atoms with van der Waals surface area (Å²) in [5.41, 5.74) is 0.345. The van der Waals surface area contributed by atoms with Crippen molar-refractivity contribution in [3.8, 4) is 0 Å². The van der Waals surface area contributed by atoms with Crippen molar-refractivity contribution in [2.45, 2.75) is 82.9 Å². The molecule has 5 bridgehead atoms. The number of aliphatic hydroxyl groups is 1. The molecule has 4 heterocycles. The normalized spacial score (nSPS) is 31.9. The van der Waals surface area contributed by atoms with E-state index in [9.17, 15) is 19.5 Å². The molecule has 50 heavy (non-hydrogen) atoms. The third kappa shape index (κ3) is 6.20. The van der Waals surface area contributed by atoms with Gasteiger partial charge in [0.25, 0.3) is 5.91 Å². The highest BCUT2D eigenvalue weighted by Crippen LogP contribution is 2.60. The first kappa shape index (κ1) is 36.3. The van der Waals surface area contributed by atoms with Gasteiger partial charge in [-0.25, -0.2) is 0 Å². The van der Waals surface area contributed by atoms with Gasteiger partial charge < -0.3 is 29.7 Å². The van der Waals surface area contributed by atoms with Crippen molar-refractivity contribution in [3.63, 3.8) is 0 Å². The lowest BCUT2D eigenvalue weighted by atomic mass is 9.74. The lowest BCUT2D eigenvalue weighted by molar-refractivity contribution is -0.162. The third-order valence-corrected chi connectivity index (χ3v) is 11.6. The molecule has 2 N–H and O–H groups in total. The van der Waals surface area contributed by atoms with E-state index >= 15 is 4.79 Å². The van der Waals surface area contributed by atoms with Gasteiger partial charge in [0.2, 0.25) is 11.8 Å². The topological polar surface area (TPSA) is 125 Å². The lowest BCUT2D eigenvalue weighted by Crippen LogP contribution is -2.59. The summed E-state index contributed by atoms with van der Waals surface area (Å²) in [5.74, 6) is -4.26. The fourth-order valence-corrected chi connectivity index (χ4v) is 9.06. The number of hydrogen-bond donors (Lipinski definition) is 2. The number of allylic oxidation sites excluding steroid dienone is 1. The minimum absolute atomic E-state index is 0.0870. The number of benzene rings is 2. The summed E-state index contributed by atoms with van der Waals surface area (Å²) in [6.07, 6.45) is 4.82. The molecule has 0 aliphatic carbocycles. The van der Waals surface area contributed by atoms with Gasteiger partial charge in [0.15, 0.2) is 0 Å². The number of amides is 3. The predicted octanol–water partition coefficient (Wildman–Crippen LogP) is 5.40. The molecule has 0 unspecified atom stereocenters. The molecular formula is C38H43BrClN3O7. The highest BCUT2D eigenvalue weighted by Gasteiger charge is 2.75. The number of para-hydroxylation sites is 1. The van der Waals surface area contributed by atoms with Gasteiger partial charge in [0.1, 0.15) is 29.8 Å². The standard InChI is InChI=1S/C38H43BrClN3O7/c1-5-21(2)27(20-44)43-34-36(47)42(31-22(3)13-12-16-26(31)40)18-11-7-10-17-28(45)41-23(4)32(24-14-8-6-9-15-24)49-37(48)29-30(35(43)46)38(34)19-25(39)33(29)50-38/h6-9,11-16,19,21,23,27,29-30,32-34,44H,5,10,17-18,20H2,1-4H3,(H,41,45)/b11-7-/t21-,23+,27-,29-,30+,32-,33-,34-,38+/m0/s1. The first-order valence-corrected chi connectivity index (χ1v) is 18.4. The fourth-order valence-electron chi connectivity index (χ4n) is 8.00. The van der Waals surface area contributed by atoms with Crippen LogP contribution in [0.1, 0.15) is 57.3 Å². The molecule has 10 nitrogen and oxygen atoms in total. The number of cyclic esters (lactones) is 1. The van der Waals surface area contributed by atoms with Crippen LogP contribution in [0, 0.1) is 24.7 Å². The molecule has 6 rings (SSSR count). The Morgan fingerprint density at radius 1 is 1.06 bits per heavy atom. The number of carbonyl (C=O) groups excluding carboxylic acids is 4. The van der Waals surface area contributed by atoms with Crippen LogP contribution in [0.25, 0.3) is 0 Å². The van der Waals surface area contributed by atoms with Crippen LogP contribution in [0.5, 0.6) is 0 Å². The molecule has 12 heteroatoms. The molecule has 0 aromatic heterocycles. The number of rotatable bonds is 6. The van der Waals surface area contributed by atoms with Crippen molar-refractivity contribution in [3.05, 3.63) is 87.4 Å². The van der Waals surface area contributed by atoms with E-state index in [1.165, 1.54) is 9.80 Å². The Labute approximate surface area is 305 Å². The molecule has 1 spiro atoms. The van der Waals surface area contributed by atoms with E-state index in [1.54, 1.807) is 25.1 Å². The Morgan fingerprint density at radius 2 is 1.80 bits per heavy atom. The van der Waals surface area contributed by atoms with Crippen LogP contribution >= 0.6 is 27.5 Å². The van der Waals surface area contributed by atoms with E-state index in [-0.39, 0.29) is 24.8 Å². The van der Waals surface area contributed by atoms with Gasteiger partial charge >= 0.3 is 5.97 Å². The zero-order valence-electron chi connectivity index (χ0n) is 28.6. The monoisotopic (exact) mass is 767 g/mol. The maximum atomic E-state index is 15.3. The minimum Gasteiger partial charge on any atom is -0.455 e. The van der Waals surface area contributed by atoms with Crippen molar-refractivity contribution in [2.24, 2.45) is 17.8 Å². The first-order valence-electron chi connectivity index (χ1n) is 17.2. The number of nitrogens with zero attached hydrogens (tertiary/aromatic N) is 2. The Hall–Kier alpha value is -3.51. The number of anilines is 1. The number of hydrogen-bond acceptors (Lipinski definition) is 7. The zero-order valence-corrected chi connectivity index (χ0v) is 30.9. The Kier molecular flexibility index (Phi) is 10.6. The van der Waals surface area contributed by atoms with Crippen LogP contribution in [0.4, 0.5) is 5.69 Å². The largest absolute Gasteiger partial charge is 0.455 e. The molecule has 0 saturated carbocycles. The van der Waals surface area contributed by atoms with Crippen LogP contribution < -0.4 is 10.2 Å². The summed E-state index contributed by atoms with van der Waals surface area (Å²) < 4.78 is 13.5. The zero-order chi connectivity index (χ0) is 35.9. The third-order valence-electron chi connectivity index (χ3n) is 10.6. The summed E-state index contributed by atoms with van der Waals surface area (Å²) in [6, 6.07) is 11.9. The number of esters is 1. The van der Waals surface area contributed by atoms with Crippen molar-refractivity contribution >= 4 is 56.9 Å². The highest BCUT2D eigenvalue weighted by atomic mass is 79.9. The Balaban J connectivity index is 1.53. The smallest absolute Gasteiger partial charge is 0.313 e. The minimum atomic E-state index is -1.55. The molecular weight excluding hydrogens is 726 g/mol. The van der Waals surface area contributed by atoms with Crippen molar-refractivity contribution in [1.82, 2.24) is 10.2 Å². The van der Waals surface area contributed by atoms with E-state index < -0.39 is 72.2 Å². The molecule has 0 radical (unpaired) electrons. The van der Waals surface area contributed by atoms with E-state index in [1.807, 2.05) is 69.3 Å². The second-order valence-electron chi connectivity index (χ2n) is 13.7. The molecule has 3 amide bonds. The summed E-state index contributed by atoms with van der Waals surface area (Å²) in [7, 11) is 0. The number of nitrogens with one attached hydrogen (secondary N) is 1. The Morgan fingerprint density at radius 3 is 2.48 bits per heavy atom. The van der Waals surface area contributed by atoms with Crippen LogP contribution in [-0.4, -0.2) is 76.7 Å². The van der Waals surface area contributed by atoms with Gasteiger partial charge in [-0.15, -0.1) is 0 Å². The second kappa shape index (κ2) is 14.6. The van der Waals surface area contributed by atoms with Gasteiger partial charge in [0.05, 0.1) is 35.3 Å². The Bertz CT molecular complexity index is 1700. The summed E-state index contributed by atoms with van der Waals surface area (Å²) in [5, 5.41) is 14.1. The van der Waals surface area contributed by atoms with E-state index in [2.05, 4.69) is 21.2 Å². The molecule has 2 saturated heterocycles. The predicted molar refractivity (Wildman–Crippen MR) is 192 cm³/mol. The highest BCUT2D eigenvalue weighted by molar-refractivity contribution is 9.11. The van der Waals surface area contributed by atoms with Crippen LogP contribution in [0.2, 0.25) is 5.02 Å². The van der Waals surface area contributed by atoms with Gasteiger partial charge in [-0.1, -0.05) is 102 Å². The maximum Gasteiger partial charge on any atom is 0.313 e. The van der Waals surface area contributed by atoms with Gasteiger partial charge in [-0.2, -0.15) is 0 Å². The number of aliphatic hydroxyl groups excluding tert-OH is 1. The summed E-state index contributed by atoms with van der Waals surface area (Å²) in [6.45, 7) is 7.21. The van der Waals surface area contributed by atoms with E-state index in [0.717, 1.165) is 5.56 Å². The number of ether oxygens (including phenoxy) is 2. The summed E-state index contributed by atoms with van der Waals surface area (Å²) in [4.78, 5) is 60.7. The number of aryl methyl sites for hydroxylation is 1. The van der Waals surface area contributed by atoms with E-state index in [4.69, 9.17) is 21.1 Å². The average Bonchev–Trinajstić information content (AvgIpc) is 3.69. The first-order chi connectivity index (χ1) is 23.9. The second-order valence-corrected chi connectivity index (χ2v) is 15.0. The molecule has 4 aliphatic heterocycles. The molecule has 2 aromatic rings. The molecule has 266 valence electrons. The lowest BCUT2D eigenvalue weighted by Gasteiger charge is -2.40. The quantitative estimate of drug-likeness (QED) is 0.298. The van der Waals surface area contributed by atoms with Gasteiger partial charge in [0, 0.05) is 17.4 Å². The van der Waals surface area contributed by atoms with Crippen molar-refractivity contribution in [1.29, 1.82) is 0 Å². The molecule has 2 fully saturated rings. The van der Waals surface area contributed by atoms with Crippen LogP contribution in [0.15, 0.2) is 71.2 Å². The number of fused-ring (bicyclic) bond motifs is 2. The molecule has 9 atom stereocenters. The number of halogens is 2. The van der Waals surface area contributed by atoms with E-state index in [0.29, 0.717) is 33.6 Å². The summed E-state index contributed by atoms with van der Waals surface area (Å²) >= 11 is 10.4. The SMILES string of the molecule is CC[C@H](C)[C@H](CO)N1C(=O)[C@H]2[C@@H]3C(=O)O[C@H](c4ccccc4)[C@@H](C)NC(=O)CC/C=C\CN(c4c(C)cccc4Cl)C(=O)[C@H]1[C@@]21C=C(Br)[C@@H]3O1. The van der Waals surface area contributed by atoms with Gasteiger partial charge in [-0.3, -0.25) is 19.2 Å².